The Kier molecular flexibility index (Phi) is 4.98. The van der Waals surface area contributed by atoms with Gasteiger partial charge in [-0.1, -0.05) is 51.4 Å². The first-order chi connectivity index (χ1) is 9.41. The fraction of sp³-hybridized carbons (Fsp3) is 0.647. The van der Waals surface area contributed by atoms with Crippen molar-refractivity contribution in [2.24, 2.45) is 11.8 Å². The molecule has 1 fully saturated rings. The Labute approximate surface area is 128 Å². The number of aryl methyl sites for hydroxylation is 1. The van der Waals surface area contributed by atoms with E-state index in [2.05, 4.69) is 50.9 Å². The molecule has 1 aromatic rings. The molecule has 2 nitrogen and oxygen atoms in total. The Morgan fingerprint density at radius 2 is 1.90 bits per heavy atom. The largest absolute Gasteiger partial charge is 0.364 e. The third-order valence-electron chi connectivity index (χ3n) is 4.43. The smallest absolute Gasteiger partial charge is 0.0642 e. The zero-order valence-corrected chi connectivity index (χ0v) is 14.0. The highest BCUT2D eigenvalue weighted by Gasteiger charge is 2.32. The number of para-hydroxylation sites is 1. The maximum atomic E-state index is 6.50. The molecule has 1 aromatic carbocycles. The lowest BCUT2D eigenvalue weighted by Gasteiger charge is -2.46. The van der Waals surface area contributed by atoms with Crippen LogP contribution in [-0.4, -0.2) is 25.2 Å². The number of rotatable bonds is 3. The molecule has 3 heteroatoms. The number of halogens is 1. The molecule has 1 heterocycles. The van der Waals surface area contributed by atoms with Gasteiger partial charge in [-0.25, -0.2) is 0 Å². The second-order valence-electron chi connectivity index (χ2n) is 6.63. The molecule has 0 aliphatic carbocycles. The van der Waals surface area contributed by atoms with E-state index in [1.54, 1.807) is 0 Å². The van der Waals surface area contributed by atoms with Gasteiger partial charge in [0.25, 0.3) is 0 Å². The van der Waals surface area contributed by atoms with E-state index >= 15 is 0 Å². The number of nitrogens with one attached hydrogen (secondary N) is 1. The van der Waals surface area contributed by atoms with Crippen molar-refractivity contribution in [1.82, 2.24) is 5.32 Å². The van der Waals surface area contributed by atoms with E-state index in [4.69, 9.17) is 11.6 Å². The van der Waals surface area contributed by atoms with Crippen LogP contribution in [0.15, 0.2) is 18.2 Å². The first kappa shape index (κ1) is 15.7. The molecule has 0 aromatic heterocycles. The highest BCUT2D eigenvalue weighted by Crippen LogP contribution is 2.34. The Bertz CT molecular complexity index is 436. The zero-order chi connectivity index (χ0) is 14.9. The summed E-state index contributed by atoms with van der Waals surface area (Å²) < 4.78 is 0. The molecule has 2 unspecified atom stereocenters. The van der Waals surface area contributed by atoms with E-state index in [1.165, 1.54) is 11.3 Å². The third kappa shape index (κ3) is 3.12. The monoisotopic (exact) mass is 294 g/mol. The predicted molar refractivity (Wildman–Crippen MR) is 88.8 cm³/mol. The van der Waals surface area contributed by atoms with Gasteiger partial charge in [-0.05, 0) is 30.4 Å². The van der Waals surface area contributed by atoms with Crippen LogP contribution >= 0.6 is 11.6 Å². The topological polar surface area (TPSA) is 15.3 Å². The van der Waals surface area contributed by atoms with Gasteiger partial charge in [0.2, 0.25) is 0 Å². The van der Waals surface area contributed by atoms with Crippen LogP contribution in [0.2, 0.25) is 5.02 Å². The standard InChI is InChI=1S/C17H27ClN2/c1-11(2)15-10-20(16(9-19-15)12(3)4)17-13(5)7-6-8-14(17)18/h6-8,11-12,15-16,19H,9-10H2,1-5H3. The van der Waals surface area contributed by atoms with Gasteiger partial charge in [0, 0.05) is 25.2 Å². The summed E-state index contributed by atoms with van der Waals surface area (Å²) in [5, 5.41) is 4.58. The van der Waals surface area contributed by atoms with Crippen LogP contribution in [0.1, 0.15) is 33.3 Å². The molecule has 1 saturated heterocycles. The minimum absolute atomic E-state index is 0.503. The van der Waals surface area contributed by atoms with E-state index in [0.717, 1.165) is 18.1 Å². The van der Waals surface area contributed by atoms with E-state index < -0.39 is 0 Å². The highest BCUT2D eigenvalue weighted by molar-refractivity contribution is 6.33. The number of nitrogens with zero attached hydrogens (tertiary/aromatic N) is 1. The summed E-state index contributed by atoms with van der Waals surface area (Å²) in [6.45, 7) is 13.4. The van der Waals surface area contributed by atoms with Crippen LogP contribution in [0.3, 0.4) is 0 Å². The molecular formula is C17H27ClN2. The molecule has 1 N–H and O–H groups in total. The van der Waals surface area contributed by atoms with Gasteiger partial charge < -0.3 is 10.2 Å². The van der Waals surface area contributed by atoms with E-state index in [-0.39, 0.29) is 0 Å². The van der Waals surface area contributed by atoms with E-state index in [0.29, 0.717) is 23.9 Å². The average Bonchev–Trinajstić information content (AvgIpc) is 2.38. The molecule has 1 aliphatic rings. The Morgan fingerprint density at radius 1 is 1.20 bits per heavy atom. The Morgan fingerprint density at radius 3 is 2.45 bits per heavy atom. The van der Waals surface area contributed by atoms with Gasteiger partial charge in [-0.3, -0.25) is 0 Å². The summed E-state index contributed by atoms with van der Waals surface area (Å²) in [7, 11) is 0. The van der Waals surface area contributed by atoms with Gasteiger partial charge in [0.05, 0.1) is 10.7 Å². The Hall–Kier alpha value is -0.730. The first-order valence-corrected chi connectivity index (χ1v) is 8.04. The third-order valence-corrected chi connectivity index (χ3v) is 4.74. The van der Waals surface area contributed by atoms with Crippen LogP contribution in [0.25, 0.3) is 0 Å². The fourth-order valence-corrected chi connectivity index (χ4v) is 3.41. The van der Waals surface area contributed by atoms with Gasteiger partial charge in [0.1, 0.15) is 0 Å². The van der Waals surface area contributed by atoms with Crippen molar-refractivity contribution in [1.29, 1.82) is 0 Å². The van der Waals surface area contributed by atoms with Crippen LogP contribution in [-0.2, 0) is 0 Å². The van der Waals surface area contributed by atoms with Crippen molar-refractivity contribution in [3.05, 3.63) is 28.8 Å². The molecule has 2 atom stereocenters. The lowest BCUT2D eigenvalue weighted by Crippen LogP contribution is -2.60. The molecule has 2 rings (SSSR count). The van der Waals surface area contributed by atoms with Gasteiger partial charge in [-0.15, -0.1) is 0 Å². The molecule has 0 amide bonds. The van der Waals surface area contributed by atoms with Crippen molar-refractivity contribution < 1.29 is 0 Å². The summed E-state index contributed by atoms with van der Waals surface area (Å²) in [5.41, 5.74) is 2.49. The molecule has 20 heavy (non-hydrogen) atoms. The molecule has 0 saturated carbocycles. The number of hydrogen-bond donors (Lipinski definition) is 1. The first-order valence-electron chi connectivity index (χ1n) is 7.67. The SMILES string of the molecule is Cc1cccc(Cl)c1N1CC(C(C)C)NCC1C(C)C. The van der Waals surface area contributed by atoms with Gasteiger partial charge in [-0.2, -0.15) is 0 Å². The highest BCUT2D eigenvalue weighted by atomic mass is 35.5. The van der Waals surface area contributed by atoms with Crippen molar-refractivity contribution in [2.45, 2.75) is 46.7 Å². The lowest BCUT2D eigenvalue weighted by molar-refractivity contribution is 0.295. The number of benzene rings is 1. The minimum Gasteiger partial charge on any atom is -0.364 e. The lowest BCUT2D eigenvalue weighted by atomic mass is 9.93. The zero-order valence-electron chi connectivity index (χ0n) is 13.3. The van der Waals surface area contributed by atoms with Gasteiger partial charge in [0.15, 0.2) is 0 Å². The molecule has 1 aliphatic heterocycles. The fourth-order valence-electron chi connectivity index (χ4n) is 3.08. The Balaban J connectivity index is 2.36. The van der Waals surface area contributed by atoms with Crippen molar-refractivity contribution >= 4 is 17.3 Å². The average molecular weight is 295 g/mol. The summed E-state index contributed by atoms with van der Waals surface area (Å²) in [6, 6.07) is 7.23. The maximum Gasteiger partial charge on any atom is 0.0642 e. The molecular weight excluding hydrogens is 268 g/mol. The van der Waals surface area contributed by atoms with Crippen LogP contribution in [0, 0.1) is 18.8 Å². The number of anilines is 1. The maximum absolute atomic E-state index is 6.50. The van der Waals surface area contributed by atoms with Crippen molar-refractivity contribution in [3.8, 4) is 0 Å². The molecule has 0 bridgehead atoms. The van der Waals surface area contributed by atoms with E-state index in [1.807, 2.05) is 12.1 Å². The van der Waals surface area contributed by atoms with Crippen LogP contribution in [0.5, 0.6) is 0 Å². The van der Waals surface area contributed by atoms with Gasteiger partial charge >= 0.3 is 0 Å². The van der Waals surface area contributed by atoms with Crippen molar-refractivity contribution in [3.63, 3.8) is 0 Å². The van der Waals surface area contributed by atoms with E-state index in [9.17, 15) is 0 Å². The minimum atomic E-state index is 0.503. The summed E-state index contributed by atoms with van der Waals surface area (Å²) >= 11 is 6.50. The molecule has 0 radical (unpaired) electrons. The summed E-state index contributed by atoms with van der Waals surface area (Å²) in [4.78, 5) is 2.53. The summed E-state index contributed by atoms with van der Waals surface area (Å²) in [5.74, 6) is 1.24. The summed E-state index contributed by atoms with van der Waals surface area (Å²) in [6.07, 6.45) is 0. The van der Waals surface area contributed by atoms with Crippen molar-refractivity contribution in [2.75, 3.05) is 18.0 Å². The predicted octanol–water partition coefficient (Wildman–Crippen LogP) is 4.11. The molecule has 112 valence electrons. The number of piperazine rings is 1. The normalized spacial score (nSPS) is 23.7. The second kappa shape index (κ2) is 6.36. The number of hydrogen-bond acceptors (Lipinski definition) is 2. The quantitative estimate of drug-likeness (QED) is 0.902. The molecule has 0 spiro atoms. The van der Waals surface area contributed by atoms with Crippen LogP contribution in [0.4, 0.5) is 5.69 Å². The van der Waals surface area contributed by atoms with Crippen LogP contribution < -0.4 is 10.2 Å². The second-order valence-corrected chi connectivity index (χ2v) is 7.04.